The van der Waals surface area contributed by atoms with Crippen molar-refractivity contribution >= 4 is 40.4 Å². The van der Waals surface area contributed by atoms with Crippen molar-refractivity contribution in [2.24, 2.45) is 0 Å². The van der Waals surface area contributed by atoms with Crippen LogP contribution in [0.4, 0.5) is 0 Å². The summed E-state index contributed by atoms with van der Waals surface area (Å²) in [6.07, 6.45) is 7.18. The fourth-order valence-electron chi connectivity index (χ4n) is 8.88. The van der Waals surface area contributed by atoms with Crippen LogP contribution in [-0.2, 0) is 9.47 Å². The van der Waals surface area contributed by atoms with Crippen LogP contribution < -0.4 is 0 Å². The molecular weight excluding hydrogens is 461 g/mol. The molecule has 1 spiro atoms. The molecule has 0 atom stereocenters. The first-order valence-corrected chi connectivity index (χ1v) is 28.2. The molecule has 2 nitrogen and oxygen atoms in total. The van der Waals surface area contributed by atoms with Crippen LogP contribution in [0.15, 0.2) is 35.1 Å². The Bertz CT molecular complexity index is 689. The highest BCUT2D eigenvalue weighted by molar-refractivity contribution is 7.30. The topological polar surface area (TPSA) is 18.5 Å². The Labute approximate surface area is 198 Å². The third-order valence-electron chi connectivity index (χ3n) is 9.03. The maximum atomic E-state index is 6.07. The molecule has 0 bridgehead atoms. The van der Waals surface area contributed by atoms with Crippen molar-refractivity contribution in [3.05, 3.63) is 35.1 Å². The zero-order valence-corrected chi connectivity index (χ0v) is 28.0. The third kappa shape index (κ3) is 3.65. The van der Waals surface area contributed by atoms with Gasteiger partial charge in [0.05, 0.1) is 14.2 Å². The molecule has 2 rings (SSSR count). The van der Waals surface area contributed by atoms with Gasteiger partial charge in [0.1, 0.15) is 19.6 Å². The van der Waals surface area contributed by atoms with E-state index in [1.807, 2.05) is 14.2 Å². The van der Waals surface area contributed by atoms with Crippen LogP contribution in [0, 0.1) is 0 Å². The van der Waals surface area contributed by atoms with Gasteiger partial charge in [0.25, 0.3) is 0 Å². The Kier molecular flexibility index (Phi) is 7.00. The predicted molar refractivity (Wildman–Crippen MR) is 153 cm³/mol. The highest BCUT2D eigenvalue weighted by atomic mass is 28.5. The lowest BCUT2D eigenvalue weighted by molar-refractivity contribution is 0.301. The lowest BCUT2D eigenvalue weighted by atomic mass is 10.4. The molecule has 0 aromatic rings. The van der Waals surface area contributed by atoms with Crippen LogP contribution in [-0.4, -0.2) is 54.6 Å². The third-order valence-corrected chi connectivity index (χ3v) is 48.0. The summed E-state index contributed by atoms with van der Waals surface area (Å²) in [5.41, 5.74) is 5.52. The van der Waals surface area contributed by atoms with E-state index < -0.39 is 40.4 Å². The van der Waals surface area contributed by atoms with Crippen LogP contribution in [0.2, 0.25) is 87.1 Å². The van der Waals surface area contributed by atoms with Gasteiger partial charge in [0, 0.05) is 32.3 Å². The Morgan fingerprint density at radius 1 is 0.581 bits per heavy atom. The van der Waals surface area contributed by atoms with E-state index in [-0.39, 0.29) is 0 Å². The van der Waals surface area contributed by atoms with Gasteiger partial charge in [0.2, 0.25) is 0 Å². The quantitative estimate of drug-likeness (QED) is 0.338. The van der Waals surface area contributed by atoms with Crippen molar-refractivity contribution in [2.75, 3.05) is 14.2 Å². The van der Waals surface area contributed by atoms with Crippen molar-refractivity contribution in [3.8, 4) is 0 Å². The first kappa shape index (κ1) is 27.2. The number of rotatable bonds is 6. The molecule has 0 saturated carbocycles. The van der Waals surface area contributed by atoms with E-state index in [2.05, 4.69) is 102 Å². The molecule has 0 unspecified atom stereocenters. The molecule has 2 aliphatic rings. The number of ether oxygens (including phenoxy) is 2. The van der Waals surface area contributed by atoms with Gasteiger partial charge in [0.15, 0.2) is 0 Å². The second-order valence-electron chi connectivity index (χ2n) is 14.0. The Balaban J connectivity index is 3.27. The summed E-state index contributed by atoms with van der Waals surface area (Å²) >= 11 is 0. The van der Waals surface area contributed by atoms with Crippen molar-refractivity contribution in [1.29, 1.82) is 0 Å². The van der Waals surface area contributed by atoms with Gasteiger partial charge in [-0.2, -0.15) is 0 Å². The van der Waals surface area contributed by atoms with Crippen LogP contribution in [0.3, 0.4) is 0 Å². The lowest BCUT2D eigenvalue weighted by Crippen LogP contribution is -2.75. The van der Waals surface area contributed by atoms with Gasteiger partial charge in [-0.15, -0.1) is 0 Å². The molecule has 2 heterocycles. The minimum Gasteiger partial charge on any atom is -0.497 e. The summed E-state index contributed by atoms with van der Waals surface area (Å²) in [5.74, 6) is 2.16. The molecule has 31 heavy (non-hydrogen) atoms. The molecule has 178 valence electrons. The van der Waals surface area contributed by atoms with Gasteiger partial charge in [-0.3, -0.25) is 0 Å². The van der Waals surface area contributed by atoms with E-state index in [0.717, 1.165) is 11.5 Å². The molecule has 7 heteroatoms. The summed E-state index contributed by atoms with van der Waals surface area (Å²) < 4.78 is 13.1. The average Bonchev–Trinajstić information content (AvgIpc) is 2.75. The van der Waals surface area contributed by atoms with E-state index in [1.54, 1.807) is 0 Å². The van der Waals surface area contributed by atoms with E-state index >= 15 is 0 Å². The SMILES string of the molecule is COC1=C[Si]2(C=C(OC)C=C1)C([Si](C)(C)C)([Si](C)(C)C)CCC2([Si](C)(C)C)[Si](C)(C)C. The zero-order chi connectivity index (χ0) is 24.3. The Morgan fingerprint density at radius 3 is 1.03 bits per heavy atom. The molecule has 0 radical (unpaired) electrons. The molecular formula is C24H50O2Si5. The number of hydrogen-bond acceptors (Lipinski definition) is 2. The normalized spacial score (nSPS) is 23.3. The minimum atomic E-state index is -2.23. The summed E-state index contributed by atoms with van der Waals surface area (Å²) in [6.45, 7) is 32.2. The fourth-order valence-corrected chi connectivity index (χ4v) is 60.2. The molecule has 0 N–H and O–H groups in total. The molecule has 1 saturated heterocycles. The molecule has 0 aromatic heterocycles. The van der Waals surface area contributed by atoms with E-state index in [1.165, 1.54) is 12.8 Å². The van der Waals surface area contributed by atoms with Gasteiger partial charge in [-0.25, -0.2) is 0 Å². The zero-order valence-electron chi connectivity index (χ0n) is 23.0. The van der Waals surface area contributed by atoms with Crippen LogP contribution in [0.1, 0.15) is 12.8 Å². The molecule has 0 aliphatic carbocycles. The first-order valence-electron chi connectivity index (χ1n) is 12.0. The van der Waals surface area contributed by atoms with Crippen LogP contribution >= 0.6 is 0 Å². The van der Waals surface area contributed by atoms with E-state index in [0.29, 0.717) is 8.57 Å². The Morgan fingerprint density at radius 2 is 0.839 bits per heavy atom. The predicted octanol–water partition coefficient (Wildman–Crippen LogP) is 7.93. The maximum absolute atomic E-state index is 6.07. The average molecular weight is 511 g/mol. The number of hydrogen-bond donors (Lipinski definition) is 0. The van der Waals surface area contributed by atoms with Crippen molar-refractivity contribution in [1.82, 2.24) is 0 Å². The monoisotopic (exact) mass is 510 g/mol. The van der Waals surface area contributed by atoms with Gasteiger partial charge < -0.3 is 9.47 Å². The lowest BCUT2D eigenvalue weighted by Gasteiger charge is -2.65. The molecule has 2 aliphatic heterocycles. The van der Waals surface area contributed by atoms with Crippen molar-refractivity contribution in [2.45, 2.75) is 100.0 Å². The Hall–Kier alpha value is -0.0956. The second-order valence-corrected chi connectivity index (χ2v) is 42.5. The van der Waals surface area contributed by atoms with Crippen LogP contribution in [0.5, 0.6) is 0 Å². The van der Waals surface area contributed by atoms with E-state index in [9.17, 15) is 0 Å². The summed E-state index contributed by atoms with van der Waals surface area (Å²) in [6, 6.07) is 0. The number of methoxy groups -OCH3 is 2. The number of allylic oxidation sites excluding steroid dienone is 2. The molecule has 1 fully saturated rings. The summed E-state index contributed by atoms with van der Waals surface area (Å²) in [5, 5.41) is 0. The molecule has 0 aromatic carbocycles. The van der Waals surface area contributed by atoms with Crippen LogP contribution in [0.25, 0.3) is 0 Å². The van der Waals surface area contributed by atoms with Crippen molar-refractivity contribution < 1.29 is 9.47 Å². The largest absolute Gasteiger partial charge is 0.497 e. The van der Waals surface area contributed by atoms with Gasteiger partial charge in [-0.1, -0.05) is 91.4 Å². The van der Waals surface area contributed by atoms with Crippen molar-refractivity contribution in [3.63, 3.8) is 0 Å². The summed E-state index contributed by atoms with van der Waals surface area (Å²) in [7, 11) is -4.84. The standard InChI is InChI=1S/C24H50O2Si5/c1-25-21-15-16-22(26-2)20-31(19-21)23(27(3,4)5,28(6,7)8)17-18-24(31,29(9,10)11)30(12,13)14/h15-16,19-20H,17-18H2,1-14H3. The highest BCUT2D eigenvalue weighted by Gasteiger charge is 2.79. The maximum Gasteiger partial charge on any atom is 0.113 e. The van der Waals surface area contributed by atoms with Gasteiger partial charge >= 0.3 is 0 Å². The fraction of sp³-hybridized carbons (Fsp3) is 0.750. The summed E-state index contributed by atoms with van der Waals surface area (Å²) in [4.78, 5) is 0. The minimum absolute atomic E-state index is 0.465. The smallest absolute Gasteiger partial charge is 0.113 e. The van der Waals surface area contributed by atoms with E-state index in [4.69, 9.17) is 9.47 Å². The first-order chi connectivity index (χ1) is 13.8. The molecule has 0 amide bonds. The second kappa shape index (κ2) is 7.99. The van der Waals surface area contributed by atoms with Gasteiger partial charge in [-0.05, 0) is 32.1 Å². The highest BCUT2D eigenvalue weighted by Crippen LogP contribution is 2.76.